The van der Waals surface area contributed by atoms with Gasteiger partial charge in [-0.3, -0.25) is 14.8 Å². The Morgan fingerprint density at radius 2 is 1.40 bits per heavy atom. The molecule has 0 fully saturated rings. The zero-order valence-corrected chi connectivity index (χ0v) is 25.4. The van der Waals surface area contributed by atoms with E-state index < -0.39 is 6.10 Å². The van der Waals surface area contributed by atoms with Gasteiger partial charge in [-0.25, -0.2) is 0 Å². The van der Waals surface area contributed by atoms with Crippen molar-refractivity contribution in [1.29, 1.82) is 0 Å². The zero-order valence-electron chi connectivity index (χ0n) is 22.2. The number of carbonyl (C=O) groups excluding carboxylic acids is 1. The summed E-state index contributed by atoms with van der Waals surface area (Å²) in [5.74, 6) is 1.57. The number of halogens is 2. The van der Waals surface area contributed by atoms with Crippen LogP contribution >= 0.6 is 31.9 Å². The van der Waals surface area contributed by atoms with E-state index in [9.17, 15) is 9.90 Å². The van der Waals surface area contributed by atoms with Gasteiger partial charge < -0.3 is 14.6 Å². The van der Waals surface area contributed by atoms with Crippen molar-refractivity contribution in [3.05, 3.63) is 117 Å². The van der Waals surface area contributed by atoms with Crippen molar-refractivity contribution in [1.82, 2.24) is 9.97 Å². The Bertz CT molecular complexity index is 1470. The van der Waals surface area contributed by atoms with E-state index in [0.717, 1.165) is 31.6 Å². The summed E-state index contributed by atoms with van der Waals surface area (Å²) in [6.45, 7) is 5.02. The van der Waals surface area contributed by atoms with Crippen molar-refractivity contribution >= 4 is 37.6 Å². The van der Waals surface area contributed by atoms with E-state index in [1.807, 2.05) is 79.7 Å². The van der Waals surface area contributed by atoms with E-state index >= 15 is 0 Å². The summed E-state index contributed by atoms with van der Waals surface area (Å²) >= 11 is 6.81. The number of aliphatic hydroxyl groups excluding tert-OH is 1. The molecule has 0 spiro atoms. The number of hydrogen-bond donors (Lipinski definition) is 1. The molecule has 1 N–H and O–H groups in total. The summed E-state index contributed by atoms with van der Waals surface area (Å²) in [7, 11) is 0. The lowest BCUT2D eigenvalue weighted by Gasteiger charge is -2.34. The van der Waals surface area contributed by atoms with Gasteiger partial charge >= 0.3 is 0 Å². The summed E-state index contributed by atoms with van der Waals surface area (Å²) in [6, 6.07) is 22.9. The van der Waals surface area contributed by atoms with Crippen LogP contribution in [0.25, 0.3) is 0 Å². The number of hydrogen-bond acceptors (Lipinski definition) is 6. The van der Waals surface area contributed by atoms with Gasteiger partial charge in [-0.1, -0.05) is 63.9 Å². The van der Waals surface area contributed by atoms with E-state index in [0.29, 0.717) is 24.5 Å². The molecule has 2 aromatic carbocycles. The molecule has 0 saturated carbocycles. The third kappa shape index (κ3) is 6.14. The Morgan fingerprint density at radius 1 is 0.800 bits per heavy atom. The van der Waals surface area contributed by atoms with Crippen LogP contribution in [-0.2, 0) is 0 Å². The van der Waals surface area contributed by atoms with Gasteiger partial charge in [0.25, 0.3) is 0 Å². The Hall–Kier alpha value is -3.07. The van der Waals surface area contributed by atoms with Gasteiger partial charge in [-0.15, -0.1) is 0 Å². The molecule has 0 radical (unpaired) electrons. The number of pyridine rings is 2. The second-order valence-electron chi connectivity index (χ2n) is 10.1. The van der Waals surface area contributed by atoms with E-state index in [2.05, 4.69) is 48.8 Å². The molecule has 2 aliphatic heterocycles. The molecule has 0 amide bonds. The highest BCUT2D eigenvalue weighted by Crippen LogP contribution is 2.42. The SMILES string of the molecule is CC(c1ccccn1)C1COc2cc(Br)ccc2C1=O.CC(c1ccccn1)C1COc2cc(Br)ccc2C1O. The molecular weight excluding hydrogens is 636 g/mol. The molecule has 6 rings (SSSR count). The van der Waals surface area contributed by atoms with Crippen LogP contribution in [0.1, 0.15) is 59.1 Å². The van der Waals surface area contributed by atoms with Crippen molar-refractivity contribution in [2.75, 3.05) is 13.2 Å². The van der Waals surface area contributed by atoms with Crippen molar-refractivity contribution in [2.24, 2.45) is 11.8 Å². The molecule has 8 heteroatoms. The van der Waals surface area contributed by atoms with Crippen molar-refractivity contribution in [3.8, 4) is 11.5 Å². The molecule has 206 valence electrons. The number of Topliss-reactive ketones (excluding diaryl/α,β-unsaturated/α-hetero) is 1. The fourth-order valence-corrected chi connectivity index (χ4v) is 5.84. The number of aromatic nitrogens is 2. The van der Waals surface area contributed by atoms with Crippen molar-refractivity contribution in [2.45, 2.75) is 31.8 Å². The first-order valence-electron chi connectivity index (χ1n) is 13.2. The lowest BCUT2D eigenvalue weighted by atomic mass is 9.82. The standard InChI is InChI=1S/C16H16BrNO2.C16H14BrNO2/c2*1-10(14-4-2-3-7-18-14)13-9-20-15-8-11(17)5-6-12(15)16(13)19/h2-8,10,13,16,19H,9H2,1H3;2-8,10,13H,9H2,1H3. The van der Waals surface area contributed by atoms with Gasteiger partial charge in [-0.05, 0) is 54.6 Å². The largest absolute Gasteiger partial charge is 0.493 e. The average molecular weight is 666 g/mol. The number of nitrogens with zero attached hydrogens (tertiary/aromatic N) is 2. The molecule has 4 heterocycles. The first kappa shape index (κ1) is 28.5. The van der Waals surface area contributed by atoms with Crippen LogP contribution in [0.2, 0.25) is 0 Å². The van der Waals surface area contributed by atoms with Crippen LogP contribution in [0, 0.1) is 11.8 Å². The Labute approximate surface area is 251 Å². The van der Waals surface area contributed by atoms with Crippen LogP contribution in [0.15, 0.2) is 94.1 Å². The average Bonchev–Trinajstić information content (AvgIpc) is 2.98. The van der Waals surface area contributed by atoms with E-state index in [4.69, 9.17) is 9.47 Å². The molecule has 4 aromatic rings. The second kappa shape index (κ2) is 12.6. The maximum absolute atomic E-state index is 12.6. The summed E-state index contributed by atoms with van der Waals surface area (Å²) in [6.07, 6.45) is 3.02. The van der Waals surface area contributed by atoms with Gasteiger partial charge in [0.1, 0.15) is 11.5 Å². The van der Waals surface area contributed by atoms with E-state index in [-0.39, 0.29) is 29.5 Å². The minimum absolute atomic E-state index is 0.0126. The number of aliphatic hydroxyl groups is 1. The van der Waals surface area contributed by atoms with Gasteiger partial charge in [-0.2, -0.15) is 0 Å². The quantitative estimate of drug-likeness (QED) is 0.243. The van der Waals surface area contributed by atoms with Crippen molar-refractivity contribution in [3.63, 3.8) is 0 Å². The van der Waals surface area contributed by atoms with Crippen LogP contribution in [-0.4, -0.2) is 34.1 Å². The Kier molecular flexibility index (Phi) is 8.98. The van der Waals surface area contributed by atoms with Gasteiger partial charge in [0.15, 0.2) is 5.78 Å². The number of rotatable bonds is 4. The van der Waals surface area contributed by atoms with Crippen LogP contribution < -0.4 is 9.47 Å². The molecule has 0 aliphatic carbocycles. The molecule has 2 aliphatic rings. The summed E-state index contributed by atoms with van der Waals surface area (Å²) in [5.41, 5.74) is 3.43. The maximum Gasteiger partial charge on any atom is 0.173 e. The Balaban J connectivity index is 0.000000161. The molecule has 6 nitrogen and oxygen atoms in total. The molecule has 0 saturated heterocycles. The predicted octanol–water partition coefficient (Wildman–Crippen LogP) is 7.53. The third-order valence-electron chi connectivity index (χ3n) is 7.65. The lowest BCUT2D eigenvalue weighted by Crippen LogP contribution is -2.32. The predicted molar refractivity (Wildman–Crippen MR) is 161 cm³/mol. The third-order valence-corrected chi connectivity index (χ3v) is 8.64. The van der Waals surface area contributed by atoms with Crippen LogP contribution in [0.5, 0.6) is 11.5 Å². The topological polar surface area (TPSA) is 81.5 Å². The molecule has 0 bridgehead atoms. The van der Waals surface area contributed by atoms with E-state index in [1.54, 1.807) is 12.4 Å². The van der Waals surface area contributed by atoms with Gasteiger partial charge in [0, 0.05) is 56.0 Å². The number of carbonyl (C=O) groups is 1. The second-order valence-corrected chi connectivity index (χ2v) is 11.9. The number of benzene rings is 2. The highest BCUT2D eigenvalue weighted by Gasteiger charge is 2.35. The van der Waals surface area contributed by atoms with Gasteiger partial charge in [0.05, 0.1) is 30.8 Å². The summed E-state index contributed by atoms with van der Waals surface area (Å²) < 4.78 is 13.4. The highest BCUT2D eigenvalue weighted by atomic mass is 79.9. The molecule has 40 heavy (non-hydrogen) atoms. The first-order valence-corrected chi connectivity index (χ1v) is 14.8. The van der Waals surface area contributed by atoms with Crippen LogP contribution in [0.4, 0.5) is 0 Å². The van der Waals surface area contributed by atoms with Gasteiger partial charge in [0.2, 0.25) is 0 Å². The normalized spacial score (nSPS) is 20.9. The summed E-state index contributed by atoms with van der Waals surface area (Å²) in [5, 5.41) is 10.6. The fourth-order valence-electron chi connectivity index (χ4n) is 5.16. The summed E-state index contributed by atoms with van der Waals surface area (Å²) in [4.78, 5) is 21.3. The Morgan fingerprint density at radius 3 is 2.05 bits per heavy atom. The minimum Gasteiger partial charge on any atom is -0.493 e. The van der Waals surface area contributed by atoms with Crippen LogP contribution in [0.3, 0.4) is 0 Å². The smallest absolute Gasteiger partial charge is 0.173 e. The zero-order chi connectivity index (χ0) is 28.2. The molecule has 5 atom stereocenters. The fraction of sp³-hybridized carbons (Fsp3) is 0.281. The van der Waals surface area contributed by atoms with E-state index in [1.165, 1.54) is 0 Å². The number of ketones is 1. The highest BCUT2D eigenvalue weighted by molar-refractivity contribution is 9.10. The number of ether oxygens (including phenoxy) is 2. The lowest BCUT2D eigenvalue weighted by molar-refractivity contribution is 0.0378. The molecular formula is C32H30Br2N2O4. The molecule has 5 unspecified atom stereocenters. The minimum atomic E-state index is -0.524. The monoisotopic (exact) mass is 664 g/mol. The maximum atomic E-state index is 12.6. The van der Waals surface area contributed by atoms with Crippen molar-refractivity contribution < 1.29 is 19.4 Å². The molecule has 2 aromatic heterocycles. The first-order chi connectivity index (χ1) is 19.3. The number of fused-ring (bicyclic) bond motifs is 2.